The highest BCUT2D eigenvalue weighted by atomic mass is 32.2. The molecule has 1 saturated heterocycles. The lowest BCUT2D eigenvalue weighted by atomic mass is 9.88. The van der Waals surface area contributed by atoms with Crippen molar-refractivity contribution in [1.82, 2.24) is 9.62 Å². The van der Waals surface area contributed by atoms with Gasteiger partial charge in [0.25, 0.3) is 0 Å². The van der Waals surface area contributed by atoms with E-state index in [4.69, 9.17) is 0 Å². The third kappa shape index (κ3) is 6.17. The Morgan fingerprint density at radius 3 is 2.12 bits per heavy atom. The summed E-state index contributed by atoms with van der Waals surface area (Å²) in [5.41, 5.74) is 0.985. The molecule has 1 heterocycles. The number of likely N-dealkylation sites (tertiary alicyclic amines) is 1. The number of amides is 2. The number of hydrogen-bond donors (Lipinski definition) is 3. The molecule has 0 unspecified atom stereocenters. The minimum absolute atomic E-state index is 0.0190. The molecule has 1 fully saturated rings. The molecule has 2 aromatic rings. The summed E-state index contributed by atoms with van der Waals surface area (Å²) in [6.45, 7) is 3.54. The number of carbonyl (C=O) groups excluding carboxylic acids is 3. The maximum Gasteiger partial charge on any atom is 0.241 e. The van der Waals surface area contributed by atoms with Gasteiger partial charge < -0.3 is 15.3 Å². The van der Waals surface area contributed by atoms with Gasteiger partial charge in [0.15, 0.2) is 5.78 Å². The SMILES string of the molecule is CC(=O)Nc1ccc(S(=O)(=O)N[C@@H](C)C(=O)N2CCC(C(=O)c3ccc(O)cc3)CC2)cc1. The van der Waals surface area contributed by atoms with E-state index in [0.29, 0.717) is 37.2 Å². The summed E-state index contributed by atoms with van der Waals surface area (Å²) in [6, 6.07) is 10.8. The number of hydrogen-bond acceptors (Lipinski definition) is 6. The van der Waals surface area contributed by atoms with E-state index in [1.165, 1.54) is 50.2 Å². The van der Waals surface area contributed by atoms with Gasteiger partial charge in [-0.1, -0.05) is 0 Å². The van der Waals surface area contributed by atoms with Crippen LogP contribution in [0.25, 0.3) is 0 Å². The lowest BCUT2D eigenvalue weighted by Gasteiger charge is -2.33. The van der Waals surface area contributed by atoms with Crippen LogP contribution in [0, 0.1) is 5.92 Å². The second kappa shape index (κ2) is 10.1. The zero-order valence-corrected chi connectivity index (χ0v) is 19.3. The molecule has 1 aliphatic rings. The highest BCUT2D eigenvalue weighted by Crippen LogP contribution is 2.23. The predicted octanol–water partition coefficient (Wildman–Crippen LogP) is 2.14. The number of Topliss-reactive ketones (excluding diaryl/α,β-unsaturated/α-hetero) is 1. The van der Waals surface area contributed by atoms with Crippen molar-refractivity contribution in [3.8, 4) is 5.75 Å². The predicted molar refractivity (Wildman–Crippen MR) is 122 cm³/mol. The van der Waals surface area contributed by atoms with Crippen LogP contribution in [0.4, 0.5) is 5.69 Å². The summed E-state index contributed by atoms with van der Waals surface area (Å²) in [5.74, 6) is -0.793. The van der Waals surface area contributed by atoms with Crippen LogP contribution in [0.3, 0.4) is 0 Å². The second-order valence-electron chi connectivity index (χ2n) is 8.06. The largest absolute Gasteiger partial charge is 0.508 e. The van der Waals surface area contributed by atoms with Gasteiger partial charge in [-0.3, -0.25) is 14.4 Å². The van der Waals surface area contributed by atoms with E-state index in [2.05, 4.69) is 10.0 Å². The van der Waals surface area contributed by atoms with Crippen LogP contribution in [0.2, 0.25) is 0 Å². The third-order valence-electron chi connectivity index (χ3n) is 5.52. The minimum atomic E-state index is -3.94. The first-order valence-electron chi connectivity index (χ1n) is 10.6. The summed E-state index contributed by atoms with van der Waals surface area (Å²) < 4.78 is 27.7. The molecular weight excluding hydrogens is 446 g/mol. The number of sulfonamides is 1. The molecule has 33 heavy (non-hydrogen) atoms. The van der Waals surface area contributed by atoms with Crippen molar-refractivity contribution in [1.29, 1.82) is 0 Å². The zero-order valence-electron chi connectivity index (χ0n) is 18.4. The summed E-state index contributed by atoms with van der Waals surface area (Å²) in [4.78, 5) is 38.1. The van der Waals surface area contributed by atoms with Crippen LogP contribution in [0.15, 0.2) is 53.4 Å². The monoisotopic (exact) mass is 473 g/mol. The molecule has 2 amide bonds. The van der Waals surface area contributed by atoms with Crippen LogP contribution in [0.5, 0.6) is 5.75 Å². The Labute approximate surface area is 192 Å². The van der Waals surface area contributed by atoms with E-state index in [9.17, 15) is 27.9 Å². The summed E-state index contributed by atoms with van der Waals surface area (Å²) in [5, 5.41) is 11.9. The van der Waals surface area contributed by atoms with Crippen LogP contribution >= 0.6 is 0 Å². The zero-order chi connectivity index (χ0) is 24.2. The van der Waals surface area contributed by atoms with Crippen LogP contribution in [-0.2, 0) is 19.6 Å². The standard InChI is InChI=1S/C23H27N3O6S/c1-15(25-33(31,32)21-9-5-19(6-10-21)24-16(2)27)23(30)26-13-11-18(12-14-26)22(29)17-3-7-20(28)8-4-17/h3-10,15,18,25,28H,11-14H2,1-2H3,(H,24,27)/t15-/m0/s1. The number of carbonyl (C=O) groups is 3. The van der Waals surface area contributed by atoms with Crippen molar-refractivity contribution in [2.24, 2.45) is 5.92 Å². The molecule has 2 aromatic carbocycles. The van der Waals surface area contributed by atoms with Crippen molar-refractivity contribution < 1.29 is 27.9 Å². The molecule has 176 valence electrons. The summed E-state index contributed by atoms with van der Waals surface area (Å²) in [7, 11) is -3.94. The molecule has 10 heteroatoms. The lowest BCUT2D eigenvalue weighted by molar-refractivity contribution is -0.133. The molecule has 0 saturated carbocycles. The van der Waals surface area contributed by atoms with Gasteiger partial charge in [0.1, 0.15) is 5.75 Å². The molecule has 0 aliphatic carbocycles. The molecule has 0 radical (unpaired) electrons. The van der Waals surface area contributed by atoms with Gasteiger partial charge in [0.2, 0.25) is 21.8 Å². The fourth-order valence-electron chi connectivity index (χ4n) is 3.77. The van der Waals surface area contributed by atoms with E-state index in [1.54, 1.807) is 17.0 Å². The average Bonchev–Trinajstić information content (AvgIpc) is 2.78. The summed E-state index contributed by atoms with van der Waals surface area (Å²) >= 11 is 0. The first-order valence-corrected chi connectivity index (χ1v) is 12.1. The smallest absolute Gasteiger partial charge is 0.241 e. The van der Waals surface area contributed by atoms with Crippen molar-refractivity contribution >= 4 is 33.3 Å². The van der Waals surface area contributed by atoms with Crippen LogP contribution < -0.4 is 10.0 Å². The van der Waals surface area contributed by atoms with E-state index in [-0.39, 0.29) is 34.2 Å². The molecular formula is C23H27N3O6S. The van der Waals surface area contributed by atoms with E-state index >= 15 is 0 Å². The molecule has 0 aromatic heterocycles. The Morgan fingerprint density at radius 2 is 1.58 bits per heavy atom. The maximum absolute atomic E-state index is 12.8. The Hall–Kier alpha value is -3.24. The van der Waals surface area contributed by atoms with Crippen LogP contribution in [0.1, 0.15) is 37.0 Å². The number of phenolic OH excluding ortho intramolecular Hbond substituents is 1. The summed E-state index contributed by atoms with van der Waals surface area (Å²) in [6.07, 6.45) is 0.963. The number of nitrogens with zero attached hydrogens (tertiary/aromatic N) is 1. The highest BCUT2D eigenvalue weighted by molar-refractivity contribution is 7.89. The number of aromatic hydroxyl groups is 1. The number of benzene rings is 2. The van der Waals surface area contributed by atoms with E-state index in [1.807, 2.05) is 0 Å². The first kappa shape index (κ1) is 24.4. The lowest BCUT2D eigenvalue weighted by Crippen LogP contribution is -2.49. The number of nitrogens with one attached hydrogen (secondary N) is 2. The Kier molecular flexibility index (Phi) is 7.50. The van der Waals surface area contributed by atoms with Crippen molar-refractivity contribution in [3.63, 3.8) is 0 Å². The quantitative estimate of drug-likeness (QED) is 0.528. The first-order chi connectivity index (χ1) is 15.6. The molecule has 1 aliphatic heterocycles. The number of rotatable bonds is 7. The third-order valence-corrected chi connectivity index (χ3v) is 7.07. The number of piperidine rings is 1. The van der Waals surface area contributed by atoms with Gasteiger partial charge in [0, 0.05) is 37.2 Å². The molecule has 3 N–H and O–H groups in total. The molecule has 9 nitrogen and oxygen atoms in total. The maximum atomic E-state index is 12.8. The van der Waals surface area contributed by atoms with Gasteiger partial charge in [-0.2, -0.15) is 4.72 Å². The molecule has 0 bridgehead atoms. The number of ketones is 1. The molecule has 1 atom stereocenters. The Balaban J connectivity index is 1.56. The van der Waals surface area contributed by atoms with Crippen molar-refractivity contribution in [3.05, 3.63) is 54.1 Å². The van der Waals surface area contributed by atoms with Crippen molar-refractivity contribution in [2.45, 2.75) is 37.6 Å². The topological polar surface area (TPSA) is 133 Å². The van der Waals surface area contributed by atoms with Gasteiger partial charge in [-0.05, 0) is 68.3 Å². The Bertz CT molecular complexity index is 1120. The average molecular weight is 474 g/mol. The second-order valence-corrected chi connectivity index (χ2v) is 9.77. The highest BCUT2D eigenvalue weighted by Gasteiger charge is 2.31. The fourth-order valence-corrected chi connectivity index (χ4v) is 4.97. The van der Waals surface area contributed by atoms with Crippen molar-refractivity contribution in [2.75, 3.05) is 18.4 Å². The number of phenols is 1. The van der Waals surface area contributed by atoms with Crippen LogP contribution in [-0.4, -0.2) is 55.2 Å². The molecule has 3 rings (SSSR count). The van der Waals surface area contributed by atoms with Gasteiger partial charge in [-0.25, -0.2) is 8.42 Å². The van der Waals surface area contributed by atoms with E-state index in [0.717, 1.165) is 0 Å². The fraction of sp³-hybridized carbons (Fsp3) is 0.348. The van der Waals surface area contributed by atoms with Gasteiger partial charge in [-0.15, -0.1) is 0 Å². The van der Waals surface area contributed by atoms with Gasteiger partial charge >= 0.3 is 0 Å². The molecule has 0 spiro atoms. The minimum Gasteiger partial charge on any atom is -0.508 e. The van der Waals surface area contributed by atoms with Gasteiger partial charge in [0.05, 0.1) is 10.9 Å². The number of anilines is 1. The normalized spacial score (nSPS) is 15.6. The Morgan fingerprint density at radius 1 is 1.00 bits per heavy atom. The van der Waals surface area contributed by atoms with E-state index < -0.39 is 16.1 Å².